The number of amides is 1. The number of carboxylic acid groups (broad SMARTS) is 1. The molecule has 134 valence electrons. The fraction of sp³-hybridized carbons (Fsp3) is 0.611. The highest BCUT2D eigenvalue weighted by atomic mass is 35.5. The molecule has 1 aromatic rings. The predicted molar refractivity (Wildman–Crippen MR) is 93.4 cm³/mol. The van der Waals surface area contributed by atoms with E-state index in [0.717, 1.165) is 31.2 Å². The van der Waals surface area contributed by atoms with Crippen LogP contribution in [0.3, 0.4) is 0 Å². The van der Waals surface area contributed by atoms with E-state index in [9.17, 15) is 9.90 Å². The molecule has 1 unspecified atom stereocenters. The van der Waals surface area contributed by atoms with Crippen molar-refractivity contribution in [1.29, 1.82) is 0 Å². The smallest absolute Gasteiger partial charge is 0.409 e. The fourth-order valence-corrected chi connectivity index (χ4v) is 3.88. The van der Waals surface area contributed by atoms with Crippen molar-refractivity contribution >= 4 is 17.7 Å². The molecule has 1 aromatic carbocycles. The Kier molecular flexibility index (Phi) is 7.34. The van der Waals surface area contributed by atoms with Crippen LogP contribution in [0.2, 0.25) is 5.02 Å². The molecular formula is C18H26ClNO4. The molecule has 2 rings (SSSR count). The lowest BCUT2D eigenvalue weighted by atomic mass is 9.79. The number of hydrogen-bond acceptors (Lipinski definition) is 3. The Morgan fingerprint density at radius 2 is 2.08 bits per heavy atom. The van der Waals surface area contributed by atoms with Gasteiger partial charge in [-0.25, -0.2) is 4.79 Å². The quantitative estimate of drug-likeness (QED) is 0.720. The Bertz CT molecular complexity index is 540. The third-order valence-electron chi connectivity index (χ3n) is 4.65. The van der Waals surface area contributed by atoms with Crippen molar-refractivity contribution in [3.63, 3.8) is 0 Å². The number of rotatable bonds is 7. The number of ether oxygens (including phenoxy) is 2. The zero-order valence-corrected chi connectivity index (χ0v) is 15.0. The highest BCUT2D eigenvalue weighted by Gasteiger charge is 2.38. The van der Waals surface area contributed by atoms with Crippen molar-refractivity contribution < 1.29 is 19.4 Å². The summed E-state index contributed by atoms with van der Waals surface area (Å²) in [5.74, 6) is 0.0868. The standard InChI is InChI=1S/C18H26ClNO4/c1-3-17(24-12-23-2)20(18(21)22)16-11-7-5-9-14(16)13-8-4-6-10-15(13)19/h4,6,8,10,14,16-17H,3,5,7,9,11-12H2,1-2H3,(H,21,22)/t14-,16-,17?/m0/s1. The highest BCUT2D eigenvalue weighted by molar-refractivity contribution is 6.31. The molecule has 6 heteroatoms. The van der Waals surface area contributed by atoms with Gasteiger partial charge in [0, 0.05) is 24.1 Å². The molecule has 1 N–H and O–H groups in total. The van der Waals surface area contributed by atoms with Crippen LogP contribution in [-0.4, -0.2) is 42.3 Å². The molecule has 3 atom stereocenters. The van der Waals surface area contributed by atoms with Crippen LogP contribution >= 0.6 is 11.6 Å². The van der Waals surface area contributed by atoms with Gasteiger partial charge in [-0.2, -0.15) is 0 Å². The van der Waals surface area contributed by atoms with E-state index < -0.39 is 12.3 Å². The molecule has 0 aliphatic heterocycles. The predicted octanol–water partition coefficient (Wildman–Crippen LogP) is 4.70. The van der Waals surface area contributed by atoms with E-state index in [-0.39, 0.29) is 18.8 Å². The molecule has 0 radical (unpaired) electrons. The number of methoxy groups -OCH3 is 1. The van der Waals surface area contributed by atoms with Crippen LogP contribution in [0.1, 0.15) is 50.5 Å². The SMILES string of the molecule is CCC(OCOC)N(C(=O)O)[C@H]1CCCC[C@H]1c1ccccc1Cl. The molecule has 5 nitrogen and oxygen atoms in total. The molecule has 1 amide bonds. The second-order valence-corrected chi connectivity index (χ2v) is 6.51. The van der Waals surface area contributed by atoms with Gasteiger partial charge in [0.25, 0.3) is 0 Å². The summed E-state index contributed by atoms with van der Waals surface area (Å²) in [7, 11) is 1.53. The van der Waals surface area contributed by atoms with E-state index in [1.54, 1.807) is 0 Å². The maximum absolute atomic E-state index is 12.0. The van der Waals surface area contributed by atoms with Gasteiger partial charge in [0.05, 0.1) is 0 Å². The summed E-state index contributed by atoms with van der Waals surface area (Å²) in [5.41, 5.74) is 1.02. The van der Waals surface area contributed by atoms with Crippen molar-refractivity contribution in [3.05, 3.63) is 34.9 Å². The molecule has 1 fully saturated rings. The van der Waals surface area contributed by atoms with Crippen molar-refractivity contribution in [1.82, 2.24) is 4.90 Å². The Labute approximate surface area is 148 Å². The monoisotopic (exact) mass is 355 g/mol. The van der Waals surface area contributed by atoms with Gasteiger partial charge in [0.2, 0.25) is 0 Å². The van der Waals surface area contributed by atoms with Crippen molar-refractivity contribution in [2.45, 2.75) is 57.2 Å². The minimum Gasteiger partial charge on any atom is -0.465 e. The Morgan fingerprint density at radius 1 is 1.38 bits per heavy atom. The summed E-state index contributed by atoms with van der Waals surface area (Å²) in [6.07, 6.45) is 2.93. The molecule has 0 bridgehead atoms. The van der Waals surface area contributed by atoms with Gasteiger partial charge in [-0.05, 0) is 30.9 Å². The van der Waals surface area contributed by atoms with Crippen LogP contribution in [0.25, 0.3) is 0 Å². The number of halogens is 1. The first-order chi connectivity index (χ1) is 11.6. The molecule has 1 aliphatic carbocycles. The first kappa shape index (κ1) is 19.0. The Hall–Kier alpha value is -1.30. The average Bonchev–Trinajstić information content (AvgIpc) is 2.59. The topological polar surface area (TPSA) is 59.0 Å². The van der Waals surface area contributed by atoms with E-state index in [1.807, 2.05) is 31.2 Å². The van der Waals surface area contributed by atoms with Crippen LogP contribution in [0.4, 0.5) is 4.79 Å². The van der Waals surface area contributed by atoms with Crippen LogP contribution in [-0.2, 0) is 9.47 Å². The number of hydrogen-bond donors (Lipinski definition) is 1. The average molecular weight is 356 g/mol. The van der Waals surface area contributed by atoms with Crippen LogP contribution < -0.4 is 0 Å². The van der Waals surface area contributed by atoms with Crippen molar-refractivity contribution in [3.8, 4) is 0 Å². The van der Waals surface area contributed by atoms with E-state index in [2.05, 4.69) is 0 Å². The van der Waals surface area contributed by atoms with E-state index in [1.165, 1.54) is 12.0 Å². The first-order valence-corrected chi connectivity index (χ1v) is 8.84. The summed E-state index contributed by atoms with van der Waals surface area (Å²) >= 11 is 6.39. The summed E-state index contributed by atoms with van der Waals surface area (Å²) in [4.78, 5) is 13.5. The molecule has 0 heterocycles. The third kappa shape index (κ3) is 4.41. The first-order valence-electron chi connectivity index (χ1n) is 8.46. The van der Waals surface area contributed by atoms with E-state index in [4.69, 9.17) is 21.1 Å². The molecule has 0 saturated heterocycles. The van der Waals surface area contributed by atoms with Crippen LogP contribution in [0, 0.1) is 0 Å². The third-order valence-corrected chi connectivity index (χ3v) is 4.99. The van der Waals surface area contributed by atoms with Gasteiger partial charge < -0.3 is 14.6 Å². The maximum Gasteiger partial charge on any atom is 0.409 e. The summed E-state index contributed by atoms with van der Waals surface area (Å²) in [5, 5.41) is 10.5. The summed E-state index contributed by atoms with van der Waals surface area (Å²) in [6, 6.07) is 7.58. The molecule has 0 aromatic heterocycles. The maximum atomic E-state index is 12.0. The summed E-state index contributed by atoms with van der Waals surface area (Å²) < 4.78 is 10.6. The Balaban J connectivity index is 2.31. The van der Waals surface area contributed by atoms with E-state index in [0.29, 0.717) is 11.4 Å². The lowest BCUT2D eigenvalue weighted by Gasteiger charge is -2.42. The normalized spacial score (nSPS) is 22.1. The molecule has 1 saturated carbocycles. The zero-order chi connectivity index (χ0) is 17.5. The zero-order valence-electron chi connectivity index (χ0n) is 14.3. The number of benzene rings is 1. The lowest BCUT2D eigenvalue weighted by Crippen LogP contribution is -2.51. The number of nitrogens with zero attached hydrogens (tertiary/aromatic N) is 1. The minimum atomic E-state index is -0.957. The molecule has 1 aliphatic rings. The van der Waals surface area contributed by atoms with Gasteiger partial charge >= 0.3 is 6.09 Å². The van der Waals surface area contributed by atoms with Gasteiger partial charge in [0.15, 0.2) is 0 Å². The lowest BCUT2D eigenvalue weighted by molar-refractivity contribution is -0.136. The largest absolute Gasteiger partial charge is 0.465 e. The summed E-state index contributed by atoms with van der Waals surface area (Å²) in [6.45, 7) is 2.00. The van der Waals surface area contributed by atoms with Crippen molar-refractivity contribution in [2.75, 3.05) is 13.9 Å². The van der Waals surface area contributed by atoms with Gasteiger partial charge in [0.1, 0.15) is 13.0 Å². The fourth-order valence-electron chi connectivity index (χ4n) is 3.60. The molecule has 24 heavy (non-hydrogen) atoms. The molecular weight excluding hydrogens is 330 g/mol. The van der Waals surface area contributed by atoms with E-state index >= 15 is 0 Å². The second kappa shape index (κ2) is 9.25. The molecule has 0 spiro atoms. The van der Waals surface area contributed by atoms with Crippen LogP contribution in [0.5, 0.6) is 0 Å². The second-order valence-electron chi connectivity index (χ2n) is 6.11. The van der Waals surface area contributed by atoms with Crippen LogP contribution in [0.15, 0.2) is 24.3 Å². The van der Waals surface area contributed by atoms with Gasteiger partial charge in [-0.3, -0.25) is 4.90 Å². The highest BCUT2D eigenvalue weighted by Crippen LogP contribution is 2.40. The van der Waals surface area contributed by atoms with Gasteiger partial charge in [-0.15, -0.1) is 0 Å². The minimum absolute atomic E-state index is 0.0752. The van der Waals surface area contributed by atoms with Crippen molar-refractivity contribution in [2.24, 2.45) is 0 Å². The van der Waals surface area contributed by atoms with Gasteiger partial charge in [-0.1, -0.05) is 49.6 Å². The Morgan fingerprint density at radius 3 is 2.71 bits per heavy atom. The number of carbonyl (C=O) groups is 1.